The summed E-state index contributed by atoms with van der Waals surface area (Å²) in [5.74, 6) is -2.25. The smallest absolute Gasteiger partial charge is 0.392 e. The van der Waals surface area contributed by atoms with Crippen molar-refractivity contribution in [3.05, 3.63) is 35.5 Å². The molecule has 0 saturated heterocycles. The van der Waals surface area contributed by atoms with Crippen LogP contribution in [0.2, 0.25) is 0 Å². The molecule has 1 aromatic heterocycles. The molecule has 1 unspecified atom stereocenters. The lowest BCUT2D eigenvalue weighted by Gasteiger charge is -2.26. The van der Waals surface area contributed by atoms with Crippen molar-refractivity contribution in [3.63, 3.8) is 0 Å². The van der Waals surface area contributed by atoms with Gasteiger partial charge in [0.2, 0.25) is 0 Å². The van der Waals surface area contributed by atoms with Gasteiger partial charge in [-0.1, -0.05) is 18.2 Å². The molecule has 0 radical (unpaired) electrons. The Labute approximate surface area is 112 Å². The lowest BCUT2D eigenvalue weighted by atomic mass is 9.84. The molecule has 0 bridgehead atoms. The van der Waals surface area contributed by atoms with Crippen molar-refractivity contribution in [1.82, 2.24) is 4.98 Å². The molecule has 3 nitrogen and oxygen atoms in total. The van der Waals surface area contributed by atoms with Gasteiger partial charge in [0, 0.05) is 18.2 Å². The topological polar surface area (TPSA) is 56.0 Å². The normalized spacial score (nSPS) is 19.1. The number of benzene rings is 1. The molecule has 20 heavy (non-hydrogen) atoms. The van der Waals surface area contributed by atoms with Crippen LogP contribution in [-0.2, 0) is 6.42 Å². The number of para-hydroxylation sites is 1. The number of ketones is 1. The second-order valence-corrected chi connectivity index (χ2v) is 4.93. The summed E-state index contributed by atoms with van der Waals surface area (Å²) in [5.41, 5.74) is 7.00. The highest BCUT2D eigenvalue weighted by Crippen LogP contribution is 2.39. The van der Waals surface area contributed by atoms with E-state index < -0.39 is 24.3 Å². The Morgan fingerprint density at radius 1 is 1.20 bits per heavy atom. The number of Topliss-reactive ketones (excluding diaryl/α,β-unsaturated/α-hetero) is 1. The van der Waals surface area contributed by atoms with Crippen molar-refractivity contribution in [1.29, 1.82) is 0 Å². The quantitative estimate of drug-likeness (QED) is 0.806. The Kier molecular flexibility index (Phi) is 2.70. The molecule has 2 N–H and O–H groups in total. The first-order chi connectivity index (χ1) is 9.38. The Hall–Kier alpha value is -2.11. The molecule has 1 heterocycles. The summed E-state index contributed by atoms with van der Waals surface area (Å²) in [6, 6.07) is 6.86. The molecular formula is C14H11F3N2O. The van der Waals surface area contributed by atoms with Crippen LogP contribution in [0.15, 0.2) is 24.3 Å². The highest BCUT2D eigenvalue weighted by molar-refractivity contribution is 6.09. The minimum absolute atomic E-state index is 0.153. The van der Waals surface area contributed by atoms with E-state index >= 15 is 0 Å². The number of pyridine rings is 1. The third kappa shape index (κ3) is 1.92. The van der Waals surface area contributed by atoms with Crippen molar-refractivity contribution < 1.29 is 18.0 Å². The van der Waals surface area contributed by atoms with Crippen molar-refractivity contribution in [3.8, 4) is 0 Å². The zero-order valence-electron chi connectivity index (χ0n) is 10.4. The maximum Gasteiger partial charge on any atom is 0.392 e. The average Bonchev–Trinajstić information content (AvgIpc) is 2.37. The number of halogens is 3. The van der Waals surface area contributed by atoms with E-state index in [9.17, 15) is 18.0 Å². The molecule has 0 aliphatic heterocycles. The van der Waals surface area contributed by atoms with Crippen molar-refractivity contribution in [2.24, 2.45) is 5.92 Å². The van der Waals surface area contributed by atoms with Gasteiger partial charge in [0.05, 0.1) is 28.4 Å². The van der Waals surface area contributed by atoms with Gasteiger partial charge in [-0.15, -0.1) is 0 Å². The number of nitrogens with two attached hydrogens (primary N) is 1. The second-order valence-electron chi connectivity index (χ2n) is 4.93. The van der Waals surface area contributed by atoms with Crippen LogP contribution >= 0.6 is 0 Å². The van der Waals surface area contributed by atoms with Gasteiger partial charge in [-0.3, -0.25) is 9.78 Å². The molecule has 0 fully saturated rings. The summed E-state index contributed by atoms with van der Waals surface area (Å²) in [7, 11) is 0. The molecule has 0 saturated carbocycles. The SMILES string of the molecule is Nc1c2c(nc3ccccc13)CC(C(F)(F)F)CC2=O. The molecule has 2 aromatic rings. The number of aromatic nitrogens is 1. The van der Waals surface area contributed by atoms with E-state index in [4.69, 9.17) is 5.73 Å². The minimum atomic E-state index is -4.39. The third-order valence-corrected chi connectivity index (χ3v) is 3.62. The third-order valence-electron chi connectivity index (χ3n) is 3.62. The van der Waals surface area contributed by atoms with Crippen molar-refractivity contribution in [2.45, 2.75) is 19.0 Å². The molecule has 1 aromatic carbocycles. The number of hydrogen-bond acceptors (Lipinski definition) is 3. The summed E-state index contributed by atoms with van der Waals surface area (Å²) in [6.07, 6.45) is -5.24. The van der Waals surface area contributed by atoms with E-state index in [0.717, 1.165) is 0 Å². The standard InChI is InChI=1S/C14H11F3N2O/c15-14(16,17)7-5-10-12(11(20)6-7)13(18)8-3-1-2-4-9(8)19-10/h1-4,7H,5-6H2,(H2,18,19). The van der Waals surface area contributed by atoms with E-state index in [1.54, 1.807) is 24.3 Å². The molecule has 0 spiro atoms. The van der Waals surface area contributed by atoms with E-state index in [1.807, 2.05) is 0 Å². The number of nitrogens with zero attached hydrogens (tertiary/aromatic N) is 1. The molecule has 104 valence electrons. The number of nitrogen functional groups attached to an aromatic ring is 1. The monoisotopic (exact) mass is 280 g/mol. The van der Waals surface area contributed by atoms with Gasteiger partial charge in [-0.2, -0.15) is 13.2 Å². The first-order valence-electron chi connectivity index (χ1n) is 6.15. The first kappa shape index (κ1) is 12.9. The molecule has 1 aliphatic carbocycles. The van der Waals surface area contributed by atoms with Gasteiger partial charge in [-0.05, 0) is 6.07 Å². The van der Waals surface area contributed by atoms with Crippen LogP contribution in [0.25, 0.3) is 10.9 Å². The van der Waals surface area contributed by atoms with E-state index in [0.29, 0.717) is 10.9 Å². The molecular weight excluding hydrogens is 269 g/mol. The number of fused-ring (bicyclic) bond motifs is 2. The fraction of sp³-hybridized carbons (Fsp3) is 0.286. The Morgan fingerprint density at radius 2 is 1.90 bits per heavy atom. The van der Waals surface area contributed by atoms with Gasteiger partial charge in [0.15, 0.2) is 5.78 Å². The number of carbonyl (C=O) groups excluding carboxylic acids is 1. The van der Waals surface area contributed by atoms with E-state index in [-0.39, 0.29) is 23.4 Å². The maximum atomic E-state index is 12.8. The fourth-order valence-electron chi connectivity index (χ4n) is 2.61. The van der Waals surface area contributed by atoms with Crippen LogP contribution in [0.4, 0.5) is 18.9 Å². The largest absolute Gasteiger partial charge is 0.398 e. The number of anilines is 1. The summed E-state index contributed by atoms with van der Waals surface area (Å²) < 4.78 is 38.4. The predicted octanol–water partition coefficient (Wildman–Crippen LogP) is 3.12. The van der Waals surface area contributed by atoms with E-state index in [1.165, 1.54) is 0 Å². The molecule has 0 amide bonds. The Bertz CT molecular complexity index is 709. The summed E-state index contributed by atoms with van der Waals surface area (Å²) in [4.78, 5) is 16.2. The van der Waals surface area contributed by atoms with Gasteiger partial charge >= 0.3 is 6.18 Å². The Balaban J connectivity index is 2.20. The summed E-state index contributed by atoms with van der Waals surface area (Å²) in [5, 5.41) is 0.602. The van der Waals surface area contributed by atoms with Crippen molar-refractivity contribution in [2.75, 3.05) is 5.73 Å². The fourth-order valence-corrected chi connectivity index (χ4v) is 2.61. The minimum Gasteiger partial charge on any atom is -0.398 e. The van der Waals surface area contributed by atoms with Crippen LogP contribution in [0.1, 0.15) is 22.5 Å². The second kappa shape index (κ2) is 4.19. The highest BCUT2D eigenvalue weighted by Gasteiger charge is 2.44. The van der Waals surface area contributed by atoms with Gasteiger partial charge < -0.3 is 5.73 Å². The zero-order chi connectivity index (χ0) is 14.5. The first-order valence-corrected chi connectivity index (χ1v) is 6.15. The molecule has 6 heteroatoms. The van der Waals surface area contributed by atoms with Crippen LogP contribution in [0.3, 0.4) is 0 Å². The lowest BCUT2D eigenvalue weighted by molar-refractivity contribution is -0.174. The predicted molar refractivity (Wildman–Crippen MR) is 68.4 cm³/mol. The molecule has 3 rings (SSSR count). The van der Waals surface area contributed by atoms with Crippen LogP contribution in [0, 0.1) is 5.92 Å². The van der Waals surface area contributed by atoms with Crippen molar-refractivity contribution >= 4 is 22.4 Å². The van der Waals surface area contributed by atoms with Crippen LogP contribution in [-0.4, -0.2) is 16.9 Å². The lowest BCUT2D eigenvalue weighted by Crippen LogP contribution is -2.33. The van der Waals surface area contributed by atoms with E-state index in [2.05, 4.69) is 4.98 Å². The zero-order valence-corrected chi connectivity index (χ0v) is 10.4. The number of alkyl halides is 3. The maximum absolute atomic E-state index is 12.8. The average molecular weight is 280 g/mol. The molecule has 1 atom stereocenters. The van der Waals surface area contributed by atoms with Crippen LogP contribution < -0.4 is 5.73 Å². The highest BCUT2D eigenvalue weighted by atomic mass is 19.4. The van der Waals surface area contributed by atoms with Gasteiger partial charge in [0.25, 0.3) is 0 Å². The molecule has 1 aliphatic rings. The van der Waals surface area contributed by atoms with Gasteiger partial charge in [-0.25, -0.2) is 0 Å². The number of hydrogen-bond donors (Lipinski definition) is 1. The summed E-state index contributed by atoms with van der Waals surface area (Å²) in [6.45, 7) is 0. The number of carbonyl (C=O) groups is 1. The Morgan fingerprint density at radius 3 is 2.60 bits per heavy atom. The van der Waals surface area contributed by atoms with Gasteiger partial charge in [0.1, 0.15) is 0 Å². The van der Waals surface area contributed by atoms with Crippen LogP contribution in [0.5, 0.6) is 0 Å². The summed E-state index contributed by atoms with van der Waals surface area (Å²) >= 11 is 0. The number of rotatable bonds is 0.